The average molecular weight is 279 g/mol. The zero-order valence-electron chi connectivity index (χ0n) is 12.6. The van der Waals surface area contributed by atoms with Crippen molar-refractivity contribution in [2.75, 3.05) is 11.4 Å². The number of para-hydroxylation sites is 1. The lowest BCUT2D eigenvalue weighted by Gasteiger charge is -2.36. The summed E-state index contributed by atoms with van der Waals surface area (Å²) in [6, 6.07) is 14.7. The summed E-state index contributed by atoms with van der Waals surface area (Å²) in [7, 11) is 0. The van der Waals surface area contributed by atoms with E-state index in [0.29, 0.717) is 5.92 Å². The van der Waals surface area contributed by atoms with Gasteiger partial charge in [0.25, 0.3) is 0 Å². The Morgan fingerprint density at radius 3 is 2.71 bits per heavy atom. The number of fused-ring (bicyclic) bond motifs is 1. The lowest BCUT2D eigenvalue weighted by molar-refractivity contribution is 0.562. The van der Waals surface area contributed by atoms with Gasteiger partial charge in [-0.25, -0.2) is 0 Å². The van der Waals surface area contributed by atoms with Gasteiger partial charge in [0.2, 0.25) is 0 Å². The molecule has 3 N–H and O–H groups in total. The molecule has 2 aromatic carbocycles. The number of benzene rings is 2. The van der Waals surface area contributed by atoms with Crippen molar-refractivity contribution in [2.45, 2.75) is 20.3 Å². The molecule has 21 heavy (non-hydrogen) atoms. The first kappa shape index (κ1) is 13.7. The molecule has 0 saturated carbocycles. The number of amidine groups is 1. The minimum absolute atomic E-state index is 0.129. The molecule has 1 unspecified atom stereocenters. The Labute approximate surface area is 125 Å². The average Bonchev–Trinajstić information content (AvgIpc) is 2.46. The summed E-state index contributed by atoms with van der Waals surface area (Å²) in [5.74, 6) is 0.713. The number of anilines is 2. The van der Waals surface area contributed by atoms with E-state index in [4.69, 9.17) is 11.1 Å². The van der Waals surface area contributed by atoms with Crippen LogP contribution in [0, 0.1) is 18.3 Å². The minimum atomic E-state index is 0.129. The first-order valence-electron chi connectivity index (χ1n) is 7.36. The zero-order valence-corrected chi connectivity index (χ0v) is 12.6. The van der Waals surface area contributed by atoms with Gasteiger partial charge in [0, 0.05) is 17.8 Å². The third-order valence-electron chi connectivity index (χ3n) is 4.08. The Morgan fingerprint density at radius 2 is 1.95 bits per heavy atom. The van der Waals surface area contributed by atoms with Gasteiger partial charge in [-0.15, -0.1) is 0 Å². The number of rotatable bonds is 2. The van der Waals surface area contributed by atoms with Gasteiger partial charge in [-0.05, 0) is 43.0 Å². The van der Waals surface area contributed by atoms with Crippen molar-refractivity contribution in [3.63, 3.8) is 0 Å². The molecule has 0 aliphatic carbocycles. The second kappa shape index (κ2) is 5.24. The predicted octanol–water partition coefficient (Wildman–Crippen LogP) is 3.61. The van der Waals surface area contributed by atoms with Gasteiger partial charge in [0.1, 0.15) is 5.84 Å². The normalized spacial score (nSPS) is 17.4. The fourth-order valence-corrected chi connectivity index (χ4v) is 3.13. The Hall–Kier alpha value is -2.29. The third kappa shape index (κ3) is 2.51. The maximum Gasteiger partial charge on any atom is 0.124 e. The number of aryl methyl sites for hydroxylation is 1. The van der Waals surface area contributed by atoms with Crippen LogP contribution in [0.5, 0.6) is 0 Å². The second-order valence-corrected chi connectivity index (χ2v) is 5.98. The van der Waals surface area contributed by atoms with Crippen molar-refractivity contribution >= 4 is 17.2 Å². The molecular formula is C18H21N3. The molecule has 1 aliphatic rings. The molecule has 1 aliphatic heterocycles. The summed E-state index contributed by atoms with van der Waals surface area (Å²) >= 11 is 0. The van der Waals surface area contributed by atoms with Crippen LogP contribution in [0.25, 0.3) is 0 Å². The van der Waals surface area contributed by atoms with Gasteiger partial charge in [-0.3, -0.25) is 5.41 Å². The smallest absolute Gasteiger partial charge is 0.124 e. The number of nitrogens with zero attached hydrogens (tertiary/aromatic N) is 1. The number of nitrogens with two attached hydrogens (primary N) is 1. The lowest BCUT2D eigenvalue weighted by atomic mass is 9.92. The van der Waals surface area contributed by atoms with Crippen LogP contribution >= 0.6 is 0 Å². The standard InChI is InChI=1S/C18H21N3/c1-12-7-8-17(15(10-12)18(19)20)21-11-13(2)9-14-5-3-4-6-16(14)21/h3-8,10,13H,9,11H2,1-2H3,(H3,19,20). The van der Waals surface area contributed by atoms with Crippen molar-refractivity contribution in [1.29, 1.82) is 5.41 Å². The highest BCUT2D eigenvalue weighted by Crippen LogP contribution is 2.37. The number of hydrogen-bond donors (Lipinski definition) is 2. The number of hydrogen-bond acceptors (Lipinski definition) is 2. The van der Waals surface area contributed by atoms with Gasteiger partial charge in [-0.2, -0.15) is 0 Å². The minimum Gasteiger partial charge on any atom is -0.384 e. The zero-order chi connectivity index (χ0) is 15.0. The molecule has 0 amide bonds. The molecule has 108 valence electrons. The molecule has 2 aromatic rings. The highest BCUT2D eigenvalue weighted by Gasteiger charge is 2.24. The maximum atomic E-state index is 7.88. The number of nitrogen functional groups attached to an aromatic ring is 1. The Morgan fingerprint density at radius 1 is 1.19 bits per heavy atom. The summed E-state index contributed by atoms with van der Waals surface area (Å²) in [5, 5.41) is 7.88. The molecule has 0 bridgehead atoms. The van der Waals surface area contributed by atoms with E-state index < -0.39 is 0 Å². The molecule has 1 atom stereocenters. The van der Waals surface area contributed by atoms with Crippen LogP contribution in [0.3, 0.4) is 0 Å². The van der Waals surface area contributed by atoms with E-state index in [9.17, 15) is 0 Å². The van der Waals surface area contributed by atoms with E-state index in [1.165, 1.54) is 11.3 Å². The van der Waals surface area contributed by atoms with Crippen molar-refractivity contribution in [3.8, 4) is 0 Å². The van der Waals surface area contributed by atoms with Crippen molar-refractivity contribution in [1.82, 2.24) is 0 Å². The second-order valence-electron chi connectivity index (χ2n) is 5.98. The van der Waals surface area contributed by atoms with Crippen molar-refractivity contribution in [2.24, 2.45) is 11.7 Å². The van der Waals surface area contributed by atoms with Gasteiger partial charge < -0.3 is 10.6 Å². The summed E-state index contributed by atoms with van der Waals surface area (Å²) in [6.07, 6.45) is 1.11. The van der Waals surface area contributed by atoms with Crippen LogP contribution in [0.1, 0.15) is 23.6 Å². The summed E-state index contributed by atoms with van der Waals surface area (Å²) in [6.45, 7) is 5.26. The van der Waals surface area contributed by atoms with Crippen LogP contribution in [0.4, 0.5) is 11.4 Å². The Bertz CT molecular complexity index is 691. The molecular weight excluding hydrogens is 258 g/mol. The van der Waals surface area contributed by atoms with Gasteiger partial charge in [0.15, 0.2) is 0 Å². The fraction of sp³-hybridized carbons (Fsp3) is 0.278. The first-order valence-corrected chi connectivity index (χ1v) is 7.36. The molecule has 0 saturated heterocycles. The van der Waals surface area contributed by atoms with E-state index in [1.807, 2.05) is 13.0 Å². The first-order chi connectivity index (χ1) is 10.1. The van der Waals surface area contributed by atoms with Crippen LogP contribution in [0.2, 0.25) is 0 Å². The highest BCUT2D eigenvalue weighted by atomic mass is 15.2. The van der Waals surface area contributed by atoms with E-state index in [2.05, 4.69) is 48.2 Å². The summed E-state index contributed by atoms with van der Waals surface area (Å²) < 4.78 is 0. The topological polar surface area (TPSA) is 53.1 Å². The van der Waals surface area contributed by atoms with Crippen LogP contribution in [-0.2, 0) is 6.42 Å². The molecule has 0 aromatic heterocycles. The molecule has 3 heteroatoms. The highest BCUT2D eigenvalue weighted by molar-refractivity contribution is 6.01. The molecule has 0 fully saturated rings. The van der Waals surface area contributed by atoms with Gasteiger partial charge in [0.05, 0.1) is 5.69 Å². The summed E-state index contributed by atoms with van der Waals surface area (Å²) in [5.41, 5.74) is 11.4. The van der Waals surface area contributed by atoms with Crippen molar-refractivity contribution < 1.29 is 0 Å². The molecule has 1 heterocycles. The Kier molecular flexibility index (Phi) is 3.42. The van der Waals surface area contributed by atoms with Crippen LogP contribution in [0.15, 0.2) is 42.5 Å². The maximum absolute atomic E-state index is 7.88. The van der Waals surface area contributed by atoms with Crippen molar-refractivity contribution in [3.05, 3.63) is 59.2 Å². The fourth-order valence-electron chi connectivity index (χ4n) is 3.13. The lowest BCUT2D eigenvalue weighted by Crippen LogP contribution is -2.32. The molecule has 0 spiro atoms. The molecule has 3 nitrogen and oxygen atoms in total. The van der Waals surface area contributed by atoms with E-state index in [0.717, 1.165) is 29.8 Å². The van der Waals surface area contributed by atoms with Crippen LogP contribution < -0.4 is 10.6 Å². The van der Waals surface area contributed by atoms with E-state index >= 15 is 0 Å². The SMILES string of the molecule is Cc1ccc(N2CC(C)Cc3ccccc32)c(C(=N)N)c1. The van der Waals surface area contributed by atoms with E-state index in [1.54, 1.807) is 0 Å². The van der Waals surface area contributed by atoms with Gasteiger partial charge >= 0.3 is 0 Å². The summed E-state index contributed by atoms with van der Waals surface area (Å²) in [4.78, 5) is 2.31. The quantitative estimate of drug-likeness (QED) is 0.652. The monoisotopic (exact) mass is 279 g/mol. The largest absolute Gasteiger partial charge is 0.384 e. The predicted molar refractivity (Wildman–Crippen MR) is 88.5 cm³/mol. The number of nitrogens with one attached hydrogen (secondary N) is 1. The van der Waals surface area contributed by atoms with E-state index in [-0.39, 0.29) is 5.84 Å². The Balaban J connectivity index is 2.15. The van der Waals surface area contributed by atoms with Crippen LogP contribution in [-0.4, -0.2) is 12.4 Å². The third-order valence-corrected chi connectivity index (χ3v) is 4.08. The molecule has 3 rings (SSSR count). The molecule has 0 radical (unpaired) electrons. The van der Waals surface area contributed by atoms with Gasteiger partial charge in [-0.1, -0.05) is 36.8 Å².